The van der Waals surface area contributed by atoms with Gasteiger partial charge in [-0.15, -0.1) is 0 Å². The summed E-state index contributed by atoms with van der Waals surface area (Å²) in [5.74, 6) is 0. The second-order valence-electron chi connectivity index (χ2n) is 9.82. The number of halogens is 5. The molecule has 1 atom stereocenters. The van der Waals surface area contributed by atoms with Crippen LogP contribution in [0.15, 0.2) is 54.7 Å². The number of hydrogen-bond donors (Lipinski definition) is 2. The molecule has 5 nitrogen and oxygen atoms in total. The smallest absolute Gasteiger partial charge is 0.317 e. The van der Waals surface area contributed by atoms with Gasteiger partial charge >= 0.3 is 6.03 Å². The first-order chi connectivity index (χ1) is 18.2. The third kappa shape index (κ3) is 5.31. The zero-order chi connectivity index (χ0) is 26.9. The SMILES string of the molecule is O=C(NCc1ccnc(Cl)c1)[N+]1(C/C=C/c2ccc(Cl)c(Cl)c2)CC2(CCNCC2)c2c1ccc(Cl)c2Cl. The summed E-state index contributed by atoms with van der Waals surface area (Å²) in [6, 6.07) is 12.7. The summed E-state index contributed by atoms with van der Waals surface area (Å²) in [7, 11) is 0. The van der Waals surface area contributed by atoms with E-state index >= 15 is 0 Å². The number of benzene rings is 2. The van der Waals surface area contributed by atoms with Crippen molar-refractivity contribution in [1.29, 1.82) is 0 Å². The Balaban J connectivity index is 1.55. The molecule has 38 heavy (non-hydrogen) atoms. The highest BCUT2D eigenvalue weighted by Gasteiger charge is 2.58. The van der Waals surface area contributed by atoms with Crippen molar-refractivity contribution in [3.05, 3.63) is 96.7 Å². The summed E-state index contributed by atoms with van der Waals surface area (Å²) in [5, 5.41) is 8.99. The first-order valence-corrected chi connectivity index (χ1v) is 14.2. The van der Waals surface area contributed by atoms with Crippen molar-refractivity contribution in [2.75, 3.05) is 26.2 Å². The van der Waals surface area contributed by atoms with Gasteiger partial charge in [-0.2, -0.15) is 0 Å². The van der Waals surface area contributed by atoms with E-state index in [1.54, 1.807) is 30.5 Å². The van der Waals surface area contributed by atoms with Gasteiger partial charge in [0, 0.05) is 24.4 Å². The number of nitrogens with one attached hydrogen (secondary N) is 2. The molecule has 1 saturated heterocycles. The Labute approximate surface area is 247 Å². The molecule has 0 bridgehead atoms. The van der Waals surface area contributed by atoms with Crippen LogP contribution in [0.2, 0.25) is 25.2 Å². The van der Waals surface area contributed by atoms with Gasteiger partial charge < -0.3 is 10.6 Å². The molecule has 1 spiro atoms. The maximum absolute atomic E-state index is 14.2. The molecule has 5 rings (SSSR count). The highest BCUT2D eigenvalue weighted by atomic mass is 35.5. The van der Waals surface area contributed by atoms with Crippen molar-refractivity contribution in [2.45, 2.75) is 24.8 Å². The fraction of sp³-hybridized carbons (Fsp3) is 0.286. The summed E-state index contributed by atoms with van der Waals surface area (Å²) in [4.78, 5) is 18.2. The second-order valence-corrected chi connectivity index (χ2v) is 11.8. The topological polar surface area (TPSA) is 54.0 Å². The van der Waals surface area contributed by atoms with Gasteiger partial charge in [0.05, 0.1) is 25.5 Å². The summed E-state index contributed by atoms with van der Waals surface area (Å²) in [6.45, 7) is 3.02. The van der Waals surface area contributed by atoms with Crippen LogP contribution < -0.4 is 15.1 Å². The number of urea groups is 1. The molecule has 1 unspecified atom stereocenters. The number of hydrogen-bond acceptors (Lipinski definition) is 3. The summed E-state index contributed by atoms with van der Waals surface area (Å²) in [6.07, 6.45) is 7.33. The monoisotopic (exact) mass is 609 g/mol. The van der Waals surface area contributed by atoms with Crippen molar-refractivity contribution in [3.8, 4) is 0 Å². The first-order valence-electron chi connectivity index (χ1n) is 12.3. The van der Waals surface area contributed by atoms with Crippen LogP contribution in [0.25, 0.3) is 6.08 Å². The molecule has 2 aliphatic heterocycles. The molecule has 2 aliphatic rings. The lowest BCUT2D eigenvalue weighted by Gasteiger charge is -2.36. The van der Waals surface area contributed by atoms with Gasteiger partial charge in [-0.25, -0.2) is 14.3 Å². The minimum atomic E-state index is -0.267. The zero-order valence-corrected chi connectivity index (χ0v) is 24.2. The Kier molecular flexibility index (Phi) is 8.28. The van der Waals surface area contributed by atoms with Crippen LogP contribution in [0, 0.1) is 0 Å². The molecule has 1 aromatic heterocycles. The van der Waals surface area contributed by atoms with E-state index in [0.29, 0.717) is 44.9 Å². The molecule has 3 heterocycles. The molecule has 198 valence electrons. The number of fused-ring (bicyclic) bond motifs is 2. The van der Waals surface area contributed by atoms with Crippen LogP contribution in [0.4, 0.5) is 10.5 Å². The molecule has 2 amide bonds. The van der Waals surface area contributed by atoms with E-state index in [9.17, 15) is 4.79 Å². The lowest BCUT2D eigenvalue weighted by atomic mass is 9.74. The van der Waals surface area contributed by atoms with Crippen LogP contribution in [0.5, 0.6) is 0 Å². The van der Waals surface area contributed by atoms with Gasteiger partial charge in [0.2, 0.25) is 0 Å². The van der Waals surface area contributed by atoms with Crippen molar-refractivity contribution >= 4 is 75.8 Å². The minimum absolute atomic E-state index is 0.0723. The van der Waals surface area contributed by atoms with Crippen LogP contribution in [-0.2, 0) is 12.0 Å². The van der Waals surface area contributed by atoms with Crippen LogP contribution >= 0.6 is 58.0 Å². The van der Waals surface area contributed by atoms with E-state index < -0.39 is 0 Å². The van der Waals surface area contributed by atoms with Gasteiger partial charge in [0.1, 0.15) is 23.9 Å². The van der Waals surface area contributed by atoms with Crippen LogP contribution in [-0.4, -0.2) is 37.2 Å². The number of carbonyl (C=O) groups excluding carboxylic acids is 1. The normalized spacial score (nSPS) is 20.1. The van der Waals surface area contributed by atoms with Crippen molar-refractivity contribution in [3.63, 3.8) is 0 Å². The maximum atomic E-state index is 14.2. The lowest BCUT2D eigenvalue weighted by molar-refractivity contribution is 0.189. The average molecular weight is 612 g/mol. The van der Waals surface area contributed by atoms with E-state index in [0.717, 1.165) is 48.3 Å². The van der Waals surface area contributed by atoms with E-state index in [4.69, 9.17) is 58.0 Å². The second kappa shape index (κ2) is 11.3. The van der Waals surface area contributed by atoms with Crippen LogP contribution in [0.3, 0.4) is 0 Å². The largest absolute Gasteiger partial charge is 0.422 e. The summed E-state index contributed by atoms with van der Waals surface area (Å²) in [5.41, 5.74) is 3.36. The van der Waals surface area contributed by atoms with Gasteiger partial charge in [0.15, 0.2) is 0 Å². The zero-order valence-electron chi connectivity index (χ0n) is 20.4. The highest BCUT2D eigenvalue weighted by Crippen LogP contribution is 2.54. The quantitative estimate of drug-likeness (QED) is 0.228. The van der Waals surface area contributed by atoms with Gasteiger partial charge in [-0.1, -0.05) is 70.1 Å². The number of rotatable bonds is 5. The Morgan fingerprint density at radius 2 is 1.76 bits per heavy atom. The number of piperidine rings is 1. The van der Waals surface area contributed by atoms with Gasteiger partial charge in [0.25, 0.3) is 0 Å². The number of quaternary nitrogens is 1. The molecular weight excluding hydrogens is 586 g/mol. The molecule has 10 heteroatoms. The first kappa shape index (κ1) is 27.7. The standard InChI is InChI=1S/C28H25Cl5N4O/c29-20-4-3-18(14-22(20)31)2-1-13-37(27(38)36-16-19-7-10-35-24(32)15-19)17-28(8-11-34-12-9-28)25-23(37)6-5-21(30)26(25)33/h1-7,10,14-15,34H,8-9,11-13,16-17H2/p+1/b2-1+. The fourth-order valence-electron chi connectivity index (χ4n) is 5.69. The fourth-order valence-corrected chi connectivity index (χ4v) is 6.71. The molecule has 2 N–H and O–H groups in total. The van der Waals surface area contributed by atoms with E-state index in [1.165, 1.54) is 0 Å². The van der Waals surface area contributed by atoms with Crippen molar-refractivity contribution < 1.29 is 4.79 Å². The molecule has 2 aromatic carbocycles. The van der Waals surface area contributed by atoms with Crippen molar-refractivity contribution in [1.82, 2.24) is 20.1 Å². The third-order valence-electron chi connectivity index (χ3n) is 7.49. The molecule has 0 aliphatic carbocycles. The third-order valence-corrected chi connectivity index (χ3v) is 9.24. The average Bonchev–Trinajstić information content (AvgIpc) is 3.17. The lowest BCUT2D eigenvalue weighted by Crippen LogP contribution is -2.60. The molecule has 0 radical (unpaired) electrons. The van der Waals surface area contributed by atoms with E-state index in [-0.39, 0.29) is 15.9 Å². The van der Waals surface area contributed by atoms with E-state index in [1.807, 2.05) is 30.4 Å². The van der Waals surface area contributed by atoms with E-state index in [2.05, 4.69) is 15.6 Å². The van der Waals surface area contributed by atoms with Crippen LogP contribution in [0.1, 0.15) is 29.5 Å². The number of pyridine rings is 1. The maximum Gasteiger partial charge on any atom is 0.422 e. The predicted molar refractivity (Wildman–Crippen MR) is 159 cm³/mol. The Hall–Kier alpha value is -1.83. The summed E-state index contributed by atoms with van der Waals surface area (Å²) < 4.78 is 0.0723. The Morgan fingerprint density at radius 1 is 1.00 bits per heavy atom. The van der Waals surface area contributed by atoms with Gasteiger partial charge in [-0.3, -0.25) is 0 Å². The number of nitrogens with zero attached hydrogens (tertiary/aromatic N) is 2. The molecule has 3 aromatic rings. The molecule has 1 fully saturated rings. The molecule has 0 saturated carbocycles. The number of carbonyl (C=O) groups is 1. The Bertz CT molecular complexity index is 1410. The highest BCUT2D eigenvalue weighted by molar-refractivity contribution is 6.43. The molecular formula is C28H26Cl5N4O+. The van der Waals surface area contributed by atoms with Crippen molar-refractivity contribution in [2.24, 2.45) is 0 Å². The predicted octanol–water partition coefficient (Wildman–Crippen LogP) is 7.91. The summed E-state index contributed by atoms with van der Waals surface area (Å²) >= 11 is 31.8. The number of aromatic nitrogens is 1. The Morgan fingerprint density at radius 3 is 2.50 bits per heavy atom. The number of amides is 2. The minimum Gasteiger partial charge on any atom is -0.317 e. The van der Waals surface area contributed by atoms with Gasteiger partial charge in [-0.05, 0) is 73.5 Å².